The maximum Gasteiger partial charge on any atom is 0.156 e. The minimum atomic E-state index is -0.0368. The zero-order valence-electron chi connectivity index (χ0n) is 24.7. The van der Waals surface area contributed by atoms with Gasteiger partial charge >= 0.3 is 0 Å². The average molecular weight is 519 g/mol. The molecule has 0 fully saturated rings. The summed E-state index contributed by atoms with van der Waals surface area (Å²) in [6.45, 7) is 7.62. The number of ether oxygens (including phenoxy) is 1. The molecule has 3 heteroatoms. The summed E-state index contributed by atoms with van der Waals surface area (Å²) in [4.78, 5) is 5.03. The van der Waals surface area contributed by atoms with Crippen molar-refractivity contribution in [1.29, 1.82) is 0 Å². The van der Waals surface area contributed by atoms with Crippen LogP contribution in [0.4, 0.5) is 0 Å². The van der Waals surface area contributed by atoms with E-state index in [0.717, 1.165) is 30.1 Å². The van der Waals surface area contributed by atoms with Crippen LogP contribution in [-0.4, -0.2) is 9.55 Å². The van der Waals surface area contributed by atoms with E-state index in [1.165, 1.54) is 114 Å². The van der Waals surface area contributed by atoms with Gasteiger partial charge in [-0.25, -0.2) is 4.98 Å². The molecule has 210 valence electrons. The molecule has 0 bridgehead atoms. The number of para-hydroxylation sites is 2. The van der Waals surface area contributed by atoms with Gasteiger partial charge in [0.05, 0.1) is 11.0 Å². The number of imidazole rings is 1. The minimum absolute atomic E-state index is 0.0368. The number of aromatic nitrogens is 2. The molecule has 1 unspecified atom stereocenters. The Morgan fingerprint density at radius 1 is 0.684 bits per heavy atom. The summed E-state index contributed by atoms with van der Waals surface area (Å²) in [6.07, 6.45) is 23.2. The second-order valence-electron chi connectivity index (χ2n) is 11.2. The van der Waals surface area contributed by atoms with Crippen LogP contribution >= 0.6 is 0 Å². The van der Waals surface area contributed by atoms with Crippen LogP contribution in [0, 0.1) is 6.92 Å². The molecule has 3 rings (SSSR count). The monoisotopic (exact) mass is 518 g/mol. The summed E-state index contributed by atoms with van der Waals surface area (Å²) in [6, 6.07) is 16.9. The highest BCUT2D eigenvalue weighted by atomic mass is 16.5. The van der Waals surface area contributed by atoms with Gasteiger partial charge in [0.15, 0.2) is 11.9 Å². The Kier molecular flexibility index (Phi) is 14.4. The molecule has 0 aliphatic heterocycles. The summed E-state index contributed by atoms with van der Waals surface area (Å²) in [7, 11) is 0. The van der Waals surface area contributed by atoms with E-state index in [1.54, 1.807) is 0 Å². The molecule has 0 N–H and O–H groups in total. The van der Waals surface area contributed by atoms with Crippen molar-refractivity contribution in [2.45, 2.75) is 143 Å². The van der Waals surface area contributed by atoms with Crippen LogP contribution < -0.4 is 4.74 Å². The zero-order valence-corrected chi connectivity index (χ0v) is 24.7. The number of unbranched alkanes of at least 4 members (excludes halogenated alkanes) is 15. The minimum Gasteiger partial charge on any atom is -0.483 e. The number of hydrogen-bond acceptors (Lipinski definition) is 2. The standard InChI is InChI=1S/C35H54N2O/c1-4-6-7-8-9-10-11-12-13-14-15-16-17-18-19-22-28-37-33-27-21-20-26-32(33)36-35(37)34(5-2)38-31-25-23-24-30(3)29-31/h20-21,23-27,29,34H,4-19,22,28H2,1-3H3. The molecular formula is C35H54N2O. The third-order valence-corrected chi connectivity index (χ3v) is 7.85. The first-order valence-electron chi connectivity index (χ1n) is 15.9. The van der Waals surface area contributed by atoms with E-state index in [0.29, 0.717) is 0 Å². The molecule has 0 aliphatic rings. The van der Waals surface area contributed by atoms with E-state index in [4.69, 9.17) is 9.72 Å². The molecule has 1 aromatic heterocycles. The number of benzene rings is 2. The van der Waals surface area contributed by atoms with Crippen molar-refractivity contribution in [1.82, 2.24) is 9.55 Å². The van der Waals surface area contributed by atoms with Crippen molar-refractivity contribution in [3.63, 3.8) is 0 Å². The Bertz CT molecular complexity index is 1020. The highest BCUT2D eigenvalue weighted by molar-refractivity contribution is 5.76. The highest BCUT2D eigenvalue weighted by Gasteiger charge is 2.20. The van der Waals surface area contributed by atoms with Gasteiger partial charge < -0.3 is 9.30 Å². The fourth-order valence-electron chi connectivity index (χ4n) is 5.56. The summed E-state index contributed by atoms with van der Waals surface area (Å²) in [5.41, 5.74) is 3.53. The molecule has 0 saturated heterocycles. The lowest BCUT2D eigenvalue weighted by Crippen LogP contribution is -2.14. The number of hydrogen-bond donors (Lipinski definition) is 0. The topological polar surface area (TPSA) is 27.1 Å². The van der Waals surface area contributed by atoms with Gasteiger partial charge in [-0.3, -0.25) is 0 Å². The van der Waals surface area contributed by atoms with E-state index < -0.39 is 0 Å². The Morgan fingerprint density at radius 3 is 1.84 bits per heavy atom. The number of nitrogens with zero attached hydrogens (tertiary/aromatic N) is 2. The van der Waals surface area contributed by atoms with Gasteiger partial charge in [-0.1, -0.05) is 134 Å². The van der Waals surface area contributed by atoms with E-state index in [-0.39, 0.29) is 6.10 Å². The molecule has 38 heavy (non-hydrogen) atoms. The van der Waals surface area contributed by atoms with Gasteiger partial charge in [-0.15, -0.1) is 0 Å². The molecule has 0 saturated carbocycles. The lowest BCUT2D eigenvalue weighted by atomic mass is 10.0. The maximum absolute atomic E-state index is 6.45. The maximum atomic E-state index is 6.45. The van der Waals surface area contributed by atoms with Crippen molar-refractivity contribution in [2.24, 2.45) is 0 Å². The van der Waals surface area contributed by atoms with E-state index in [2.05, 4.69) is 73.9 Å². The van der Waals surface area contributed by atoms with E-state index in [1.807, 2.05) is 0 Å². The molecule has 0 spiro atoms. The molecule has 0 amide bonds. The lowest BCUT2D eigenvalue weighted by Gasteiger charge is -2.19. The fourth-order valence-corrected chi connectivity index (χ4v) is 5.56. The average Bonchev–Trinajstić information content (AvgIpc) is 3.30. The molecule has 1 heterocycles. The predicted octanol–water partition coefficient (Wildman–Crippen LogP) is 11.1. The number of fused-ring (bicyclic) bond motifs is 1. The Labute approximate surface area is 233 Å². The van der Waals surface area contributed by atoms with Gasteiger partial charge in [0.1, 0.15) is 5.75 Å². The van der Waals surface area contributed by atoms with Crippen LogP contribution in [0.25, 0.3) is 11.0 Å². The van der Waals surface area contributed by atoms with Crippen LogP contribution in [0.5, 0.6) is 5.75 Å². The number of aryl methyl sites for hydroxylation is 2. The van der Waals surface area contributed by atoms with Gasteiger partial charge in [0, 0.05) is 6.54 Å². The second kappa shape index (κ2) is 18.1. The smallest absolute Gasteiger partial charge is 0.156 e. The van der Waals surface area contributed by atoms with Gasteiger partial charge in [-0.2, -0.15) is 0 Å². The summed E-state index contributed by atoms with van der Waals surface area (Å²) >= 11 is 0. The normalized spacial score (nSPS) is 12.3. The third kappa shape index (κ3) is 10.5. The fraction of sp³-hybridized carbons (Fsp3) is 0.629. The van der Waals surface area contributed by atoms with Gasteiger partial charge in [0.25, 0.3) is 0 Å². The van der Waals surface area contributed by atoms with Gasteiger partial charge in [-0.05, 0) is 49.6 Å². The van der Waals surface area contributed by atoms with Crippen molar-refractivity contribution < 1.29 is 4.74 Å². The SMILES string of the molecule is CCCCCCCCCCCCCCCCCCn1c(C(CC)Oc2cccc(C)c2)nc2ccccc21. The molecule has 2 aromatic carbocycles. The summed E-state index contributed by atoms with van der Waals surface area (Å²) in [5, 5.41) is 0. The van der Waals surface area contributed by atoms with Crippen molar-refractivity contribution in [3.8, 4) is 5.75 Å². The quantitative estimate of drug-likeness (QED) is 0.131. The Balaban J connectivity index is 1.35. The third-order valence-electron chi connectivity index (χ3n) is 7.85. The largest absolute Gasteiger partial charge is 0.483 e. The van der Waals surface area contributed by atoms with Gasteiger partial charge in [0.2, 0.25) is 0 Å². The van der Waals surface area contributed by atoms with Crippen LogP contribution in [-0.2, 0) is 6.54 Å². The molecular weight excluding hydrogens is 464 g/mol. The molecule has 1 atom stereocenters. The van der Waals surface area contributed by atoms with Crippen LogP contribution in [0.15, 0.2) is 48.5 Å². The Hall–Kier alpha value is -2.29. The predicted molar refractivity (Wildman–Crippen MR) is 164 cm³/mol. The van der Waals surface area contributed by atoms with Crippen LogP contribution in [0.1, 0.15) is 140 Å². The van der Waals surface area contributed by atoms with Crippen LogP contribution in [0.2, 0.25) is 0 Å². The molecule has 3 aromatic rings. The first kappa shape index (κ1) is 30.3. The lowest BCUT2D eigenvalue weighted by molar-refractivity contribution is 0.186. The van der Waals surface area contributed by atoms with Crippen molar-refractivity contribution in [3.05, 3.63) is 59.9 Å². The van der Waals surface area contributed by atoms with Crippen molar-refractivity contribution >= 4 is 11.0 Å². The van der Waals surface area contributed by atoms with E-state index >= 15 is 0 Å². The number of rotatable bonds is 21. The summed E-state index contributed by atoms with van der Waals surface area (Å²) in [5.74, 6) is 1.99. The van der Waals surface area contributed by atoms with E-state index in [9.17, 15) is 0 Å². The van der Waals surface area contributed by atoms with Crippen LogP contribution in [0.3, 0.4) is 0 Å². The summed E-state index contributed by atoms with van der Waals surface area (Å²) < 4.78 is 8.87. The Morgan fingerprint density at radius 2 is 1.26 bits per heavy atom. The van der Waals surface area contributed by atoms with Crippen molar-refractivity contribution in [2.75, 3.05) is 0 Å². The second-order valence-corrected chi connectivity index (χ2v) is 11.2. The zero-order chi connectivity index (χ0) is 26.8. The highest BCUT2D eigenvalue weighted by Crippen LogP contribution is 2.28. The molecule has 3 nitrogen and oxygen atoms in total. The molecule has 0 aliphatic carbocycles. The first-order valence-corrected chi connectivity index (χ1v) is 15.9. The molecule has 0 radical (unpaired) electrons. The first-order chi connectivity index (χ1) is 18.7.